The van der Waals surface area contributed by atoms with Crippen LogP contribution in [-0.4, -0.2) is 26.4 Å². The van der Waals surface area contributed by atoms with Crippen LogP contribution in [0.4, 0.5) is 5.69 Å². The number of anilines is 1. The predicted octanol–water partition coefficient (Wildman–Crippen LogP) is 5.57. The molecule has 0 fully saturated rings. The van der Waals surface area contributed by atoms with Crippen LogP contribution in [0.1, 0.15) is 41.1 Å². The van der Waals surface area contributed by atoms with Crippen LogP contribution in [0.2, 0.25) is 5.02 Å². The lowest BCUT2D eigenvalue weighted by atomic mass is 10.1. The van der Waals surface area contributed by atoms with Gasteiger partial charge in [-0.15, -0.1) is 10.2 Å². The highest BCUT2D eigenvalue weighted by Gasteiger charge is 2.19. The fraction of sp³-hybridized carbons (Fsp3) is 0.348. The first kappa shape index (κ1) is 23.2. The van der Waals surface area contributed by atoms with Gasteiger partial charge in [-0.05, 0) is 69.5 Å². The molecule has 3 rings (SSSR count). The molecule has 1 unspecified atom stereocenters. The number of carbonyl (C=O) groups is 1. The molecule has 0 saturated carbocycles. The van der Waals surface area contributed by atoms with Gasteiger partial charge in [0.25, 0.3) is 0 Å². The molecule has 3 aromatic rings. The van der Waals surface area contributed by atoms with Crippen LogP contribution >= 0.6 is 23.4 Å². The average molecular weight is 459 g/mol. The Balaban J connectivity index is 1.62. The fourth-order valence-electron chi connectivity index (χ4n) is 3.31. The number of hydrogen-bond donors (Lipinski definition) is 1. The first-order valence-electron chi connectivity index (χ1n) is 9.98. The van der Waals surface area contributed by atoms with Crippen LogP contribution in [0.25, 0.3) is 0 Å². The largest absolute Gasteiger partial charge is 0.483 e. The molecule has 1 amide bonds. The first-order chi connectivity index (χ1) is 14.7. The zero-order valence-electron chi connectivity index (χ0n) is 18.6. The number of aryl methyl sites for hydroxylation is 4. The lowest BCUT2D eigenvalue weighted by Gasteiger charge is -2.16. The Bertz CT molecular complexity index is 1090. The molecule has 0 saturated heterocycles. The molecule has 31 heavy (non-hydrogen) atoms. The van der Waals surface area contributed by atoms with Gasteiger partial charge >= 0.3 is 0 Å². The van der Waals surface area contributed by atoms with Gasteiger partial charge in [-0.1, -0.05) is 41.1 Å². The Kier molecular flexibility index (Phi) is 7.28. The van der Waals surface area contributed by atoms with E-state index >= 15 is 0 Å². The second-order valence-corrected chi connectivity index (χ2v) is 9.01. The molecule has 0 spiro atoms. The molecule has 1 aromatic heterocycles. The third kappa shape index (κ3) is 5.60. The summed E-state index contributed by atoms with van der Waals surface area (Å²) in [6.45, 7) is 9.83. The van der Waals surface area contributed by atoms with E-state index < -0.39 is 0 Å². The second kappa shape index (κ2) is 9.75. The van der Waals surface area contributed by atoms with Gasteiger partial charge in [0.1, 0.15) is 5.75 Å². The monoisotopic (exact) mass is 458 g/mol. The SMILES string of the molecule is Cc1ccc(NC(=O)CSc2nnc(C(C)Oc3cc(C)c(Cl)c(C)c3)n2C)c(C)c1. The minimum absolute atomic E-state index is 0.0853. The number of rotatable bonds is 7. The van der Waals surface area contributed by atoms with E-state index in [4.69, 9.17) is 16.3 Å². The van der Waals surface area contributed by atoms with Crippen molar-refractivity contribution in [3.8, 4) is 5.75 Å². The Morgan fingerprint density at radius 3 is 2.45 bits per heavy atom. The average Bonchev–Trinajstić information content (AvgIpc) is 3.07. The summed E-state index contributed by atoms with van der Waals surface area (Å²) in [6, 6.07) is 9.77. The van der Waals surface area contributed by atoms with E-state index in [1.165, 1.54) is 11.8 Å². The molecule has 0 aliphatic heterocycles. The smallest absolute Gasteiger partial charge is 0.234 e. The summed E-state index contributed by atoms with van der Waals surface area (Å²) in [5.74, 6) is 1.57. The van der Waals surface area contributed by atoms with Crippen molar-refractivity contribution in [1.82, 2.24) is 14.8 Å². The molecule has 0 aliphatic rings. The maximum Gasteiger partial charge on any atom is 0.234 e. The van der Waals surface area contributed by atoms with E-state index in [0.717, 1.165) is 38.7 Å². The third-order valence-electron chi connectivity index (χ3n) is 4.94. The van der Waals surface area contributed by atoms with E-state index in [2.05, 4.69) is 15.5 Å². The summed E-state index contributed by atoms with van der Waals surface area (Å²) in [5.41, 5.74) is 4.96. The number of halogens is 1. The van der Waals surface area contributed by atoms with Gasteiger partial charge in [-0.2, -0.15) is 0 Å². The van der Waals surface area contributed by atoms with Crippen molar-refractivity contribution < 1.29 is 9.53 Å². The molecule has 164 valence electrons. The summed E-state index contributed by atoms with van der Waals surface area (Å²) in [4.78, 5) is 12.4. The van der Waals surface area contributed by atoms with Crippen LogP contribution in [0.5, 0.6) is 5.75 Å². The molecule has 2 aromatic carbocycles. The molecule has 1 atom stereocenters. The quantitative estimate of drug-likeness (QED) is 0.468. The number of carbonyl (C=O) groups excluding carboxylic acids is 1. The molecule has 1 N–H and O–H groups in total. The Morgan fingerprint density at radius 1 is 1.13 bits per heavy atom. The molecule has 1 heterocycles. The van der Waals surface area contributed by atoms with Crippen LogP contribution in [0, 0.1) is 27.7 Å². The Hall–Kier alpha value is -2.51. The molecular formula is C23H27ClN4O2S. The van der Waals surface area contributed by atoms with Crippen LogP contribution in [0.15, 0.2) is 35.5 Å². The number of thioether (sulfide) groups is 1. The maximum atomic E-state index is 12.4. The van der Waals surface area contributed by atoms with E-state index in [1.807, 2.05) is 76.6 Å². The van der Waals surface area contributed by atoms with Crippen molar-refractivity contribution in [1.29, 1.82) is 0 Å². The molecule has 0 aliphatic carbocycles. The minimum Gasteiger partial charge on any atom is -0.483 e. The predicted molar refractivity (Wildman–Crippen MR) is 126 cm³/mol. The van der Waals surface area contributed by atoms with Crippen LogP contribution in [0.3, 0.4) is 0 Å². The zero-order chi connectivity index (χ0) is 22.7. The lowest BCUT2D eigenvalue weighted by molar-refractivity contribution is -0.113. The Labute approximate surface area is 192 Å². The number of benzene rings is 2. The van der Waals surface area contributed by atoms with Gasteiger partial charge in [0.05, 0.1) is 5.75 Å². The Morgan fingerprint density at radius 2 is 1.81 bits per heavy atom. The molecule has 8 heteroatoms. The first-order valence-corrected chi connectivity index (χ1v) is 11.3. The van der Waals surface area contributed by atoms with Gasteiger partial charge in [0.2, 0.25) is 5.91 Å². The van der Waals surface area contributed by atoms with E-state index in [-0.39, 0.29) is 17.8 Å². The topological polar surface area (TPSA) is 69.0 Å². The molecule has 0 radical (unpaired) electrons. The van der Waals surface area contributed by atoms with Gasteiger partial charge in [0.15, 0.2) is 17.1 Å². The van der Waals surface area contributed by atoms with Crippen molar-refractivity contribution in [3.05, 3.63) is 63.4 Å². The highest BCUT2D eigenvalue weighted by atomic mass is 35.5. The van der Waals surface area contributed by atoms with Gasteiger partial charge < -0.3 is 14.6 Å². The minimum atomic E-state index is -0.309. The van der Waals surface area contributed by atoms with Gasteiger partial charge in [-0.25, -0.2) is 0 Å². The molecular weight excluding hydrogens is 432 g/mol. The van der Waals surface area contributed by atoms with Crippen LogP contribution in [-0.2, 0) is 11.8 Å². The van der Waals surface area contributed by atoms with Crippen molar-refractivity contribution >= 4 is 35.0 Å². The summed E-state index contributed by atoms with van der Waals surface area (Å²) < 4.78 is 7.92. The fourth-order valence-corrected chi connectivity index (χ4v) is 4.13. The highest BCUT2D eigenvalue weighted by Crippen LogP contribution is 2.29. The van der Waals surface area contributed by atoms with Crippen molar-refractivity contribution in [2.75, 3.05) is 11.1 Å². The summed E-state index contributed by atoms with van der Waals surface area (Å²) in [7, 11) is 1.87. The van der Waals surface area contributed by atoms with Crippen molar-refractivity contribution in [2.45, 2.75) is 45.9 Å². The van der Waals surface area contributed by atoms with Gasteiger partial charge in [0, 0.05) is 17.8 Å². The summed E-state index contributed by atoms with van der Waals surface area (Å²) in [5, 5.41) is 12.9. The van der Waals surface area contributed by atoms with Gasteiger partial charge in [-0.3, -0.25) is 4.79 Å². The zero-order valence-corrected chi connectivity index (χ0v) is 20.2. The van der Waals surface area contributed by atoms with E-state index in [0.29, 0.717) is 11.0 Å². The summed E-state index contributed by atoms with van der Waals surface area (Å²) >= 11 is 7.58. The number of aromatic nitrogens is 3. The van der Waals surface area contributed by atoms with Crippen molar-refractivity contribution in [3.63, 3.8) is 0 Å². The molecule has 0 bridgehead atoms. The van der Waals surface area contributed by atoms with E-state index in [1.54, 1.807) is 0 Å². The third-order valence-corrected chi connectivity index (χ3v) is 6.56. The number of hydrogen-bond acceptors (Lipinski definition) is 5. The molecule has 6 nitrogen and oxygen atoms in total. The number of ether oxygens (including phenoxy) is 1. The van der Waals surface area contributed by atoms with E-state index in [9.17, 15) is 4.79 Å². The number of nitrogens with one attached hydrogen (secondary N) is 1. The second-order valence-electron chi connectivity index (χ2n) is 7.69. The number of nitrogens with zero attached hydrogens (tertiary/aromatic N) is 3. The number of amides is 1. The lowest BCUT2D eigenvalue weighted by Crippen LogP contribution is -2.15. The maximum absolute atomic E-state index is 12.4. The van der Waals surface area contributed by atoms with Crippen molar-refractivity contribution in [2.24, 2.45) is 7.05 Å². The normalized spacial score (nSPS) is 12.0. The standard InChI is InChI=1S/C23H27ClN4O2S/c1-13-7-8-19(14(2)9-13)25-20(29)12-31-23-27-26-22(28(23)6)17(5)30-18-10-15(3)21(24)16(4)11-18/h7-11,17H,12H2,1-6H3,(H,25,29). The van der Waals surface area contributed by atoms with Crippen LogP contribution < -0.4 is 10.1 Å². The highest BCUT2D eigenvalue weighted by molar-refractivity contribution is 7.99. The summed E-state index contributed by atoms with van der Waals surface area (Å²) in [6.07, 6.45) is -0.309.